The minimum atomic E-state index is -0.469. The molecule has 7 heteroatoms. The third kappa shape index (κ3) is 4.30. The molecule has 1 saturated carbocycles. The largest absolute Gasteiger partial charge is 0.493 e. The van der Waals surface area contributed by atoms with E-state index in [-0.39, 0.29) is 11.8 Å². The van der Waals surface area contributed by atoms with Crippen LogP contribution in [-0.2, 0) is 14.9 Å². The molecule has 0 atom stereocenters. The number of carbonyl (C=O) groups excluding carboxylic acids is 2. The fourth-order valence-corrected chi connectivity index (χ4v) is 4.73. The number of hydrogen-bond donors (Lipinski definition) is 1. The van der Waals surface area contributed by atoms with Crippen LogP contribution in [0.15, 0.2) is 42.5 Å². The Morgan fingerprint density at radius 1 is 0.938 bits per heavy atom. The molecule has 2 fully saturated rings. The molecule has 2 aliphatic rings. The molecule has 1 aliphatic carbocycles. The van der Waals surface area contributed by atoms with Gasteiger partial charge in [-0.1, -0.05) is 25.0 Å². The molecule has 0 aromatic heterocycles. The summed E-state index contributed by atoms with van der Waals surface area (Å²) in [5, 5.41) is 2.92. The first-order valence-corrected chi connectivity index (χ1v) is 11.1. The Morgan fingerprint density at radius 2 is 1.59 bits per heavy atom. The van der Waals surface area contributed by atoms with Crippen LogP contribution in [0.25, 0.3) is 0 Å². The molecule has 2 aromatic carbocycles. The number of hydrogen-bond acceptors (Lipinski definition) is 5. The quantitative estimate of drug-likeness (QED) is 0.745. The predicted octanol–water partition coefficient (Wildman–Crippen LogP) is 3.63. The summed E-state index contributed by atoms with van der Waals surface area (Å²) in [5.74, 6) is 1.04. The molecule has 32 heavy (non-hydrogen) atoms. The van der Waals surface area contributed by atoms with E-state index in [4.69, 9.17) is 14.2 Å². The lowest BCUT2D eigenvalue weighted by atomic mass is 9.77. The number of anilines is 1. The number of rotatable bonds is 6. The average molecular weight is 439 g/mol. The number of carbonyl (C=O) groups is 2. The Kier molecular flexibility index (Phi) is 6.65. The van der Waals surface area contributed by atoms with Crippen LogP contribution in [-0.4, -0.2) is 57.2 Å². The molecule has 170 valence electrons. The number of morpholine rings is 1. The van der Waals surface area contributed by atoms with E-state index in [9.17, 15) is 9.59 Å². The first-order valence-electron chi connectivity index (χ1n) is 11.1. The van der Waals surface area contributed by atoms with Crippen molar-refractivity contribution in [2.45, 2.75) is 31.1 Å². The van der Waals surface area contributed by atoms with E-state index in [2.05, 4.69) is 5.32 Å². The molecule has 1 heterocycles. The topological polar surface area (TPSA) is 77.1 Å². The maximum atomic E-state index is 13.5. The Hall–Kier alpha value is -3.06. The standard InChI is InChI=1S/C25H30N2O5/c1-30-21-10-5-18(17-22(21)31-2)23(28)26-20-8-6-19(7-9-20)25(11-3-4-12-25)24(29)27-13-15-32-16-14-27/h5-10,17H,3-4,11-16H2,1-2H3,(H,26,28). The second-order valence-electron chi connectivity index (χ2n) is 8.30. The maximum Gasteiger partial charge on any atom is 0.255 e. The molecule has 0 spiro atoms. The summed E-state index contributed by atoms with van der Waals surface area (Å²) in [6, 6.07) is 12.8. The summed E-state index contributed by atoms with van der Waals surface area (Å²) < 4.78 is 15.9. The average Bonchev–Trinajstić information content (AvgIpc) is 3.35. The van der Waals surface area contributed by atoms with E-state index < -0.39 is 5.41 Å². The molecule has 1 N–H and O–H groups in total. The van der Waals surface area contributed by atoms with Gasteiger partial charge in [0.15, 0.2) is 11.5 Å². The van der Waals surface area contributed by atoms with Crippen LogP contribution in [0.2, 0.25) is 0 Å². The second kappa shape index (κ2) is 9.61. The smallest absolute Gasteiger partial charge is 0.255 e. The Morgan fingerprint density at radius 3 is 2.22 bits per heavy atom. The van der Waals surface area contributed by atoms with Crippen molar-refractivity contribution in [1.29, 1.82) is 0 Å². The lowest BCUT2D eigenvalue weighted by Gasteiger charge is -2.36. The second-order valence-corrected chi connectivity index (χ2v) is 8.30. The van der Waals surface area contributed by atoms with Gasteiger partial charge in [-0.25, -0.2) is 0 Å². The van der Waals surface area contributed by atoms with Crippen LogP contribution >= 0.6 is 0 Å². The summed E-state index contributed by atoms with van der Waals surface area (Å²) in [4.78, 5) is 28.1. The molecule has 1 saturated heterocycles. The van der Waals surface area contributed by atoms with Gasteiger partial charge in [0, 0.05) is 24.3 Å². The summed E-state index contributed by atoms with van der Waals surface area (Å²) in [6.45, 7) is 2.51. The number of nitrogens with one attached hydrogen (secondary N) is 1. The number of nitrogens with zero attached hydrogens (tertiary/aromatic N) is 1. The molecule has 4 rings (SSSR count). The minimum absolute atomic E-state index is 0.209. The Labute approximate surface area is 188 Å². The van der Waals surface area contributed by atoms with E-state index in [1.807, 2.05) is 29.2 Å². The van der Waals surface area contributed by atoms with Crippen molar-refractivity contribution in [2.75, 3.05) is 45.8 Å². The van der Waals surface area contributed by atoms with Crippen molar-refractivity contribution in [2.24, 2.45) is 0 Å². The molecule has 2 aromatic rings. The molecule has 0 unspecified atom stereocenters. The summed E-state index contributed by atoms with van der Waals surface area (Å²) in [7, 11) is 3.09. The first-order chi connectivity index (χ1) is 15.6. The van der Waals surface area contributed by atoms with Crippen molar-refractivity contribution < 1.29 is 23.8 Å². The van der Waals surface area contributed by atoms with Crippen LogP contribution in [0.5, 0.6) is 11.5 Å². The van der Waals surface area contributed by atoms with E-state index in [0.29, 0.717) is 49.1 Å². The molecule has 1 aliphatic heterocycles. The van der Waals surface area contributed by atoms with Gasteiger partial charge in [0.25, 0.3) is 5.91 Å². The van der Waals surface area contributed by atoms with Crippen LogP contribution in [0.1, 0.15) is 41.6 Å². The number of amides is 2. The van der Waals surface area contributed by atoms with Gasteiger partial charge in [-0.15, -0.1) is 0 Å². The third-order valence-corrected chi connectivity index (χ3v) is 6.51. The predicted molar refractivity (Wildman–Crippen MR) is 121 cm³/mol. The van der Waals surface area contributed by atoms with Crippen LogP contribution in [0.3, 0.4) is 0 Å². The van der Waals surface area contributed by atoms with Crippen molar-refractivity contribution >= 4 is 17.5 Å². The lowest BCUT2D eigenvalue weighted by molar-refractivity contribution is -0.141. The molecule has 2 amide bonds. The lowest BCUT2D eigenvalue weighted by Crippen LogP contribution is -2.49. The van der Waals surface area contributed by atoms with Crippen molar-refractivity contribution in [1.82, 2.24) is 4.90 Å². The minimum Gasteiger partial charge on any atom is -0.493 e. The summed E-state index contributed by atoms with van der Waals surface area (Å²) in [6.07, 6.45) is 3.82. The van der Waals surface area contributed by atoms with E-state index in [1.165, 1.54) is 7.11 Å². The van der Waals surface area contributed by atoms with Gasteiger partial charge in [0.05, 0.1) is 32.8 Å². The fourth-order valence-electron chi connectivity index (χ4n) is 4.73. The maximum absolute atomic E-state index is 13.5. The van der Waals surface area contributed by atoms with E-state index in [0.717, 1.165) is 31.2 Å². The number of ether oxygens (including phenoxy) is 3. The highest BCUT2D eigenvalue weighted by molar-refractivity contribution is 6.04. The van der Waals surface area contributed by atoms with Gasteiger partial charge in [-0.3, -0.25) is 9.59 Å². The highest BCUT2D eigenvalue weighted by Crippen LogP contribution is 2.43. The van der Waals surface area contributed by atoms with E-state index in [1.54, 1.807) is 25.3 Å². The van der Waals surface area contributed by atoms with Gasteiger partial charge in [-0.05, 0) is 48.7 Å². The highest BCUT2D eigenvalue weighted by Gasteiger charge is 2.45. The van der Waals surface area contributed by atoms with Crippen molar-refractivity contribution in [3.8, 4) is 11.5 Å². The number of benzene rings is 2. The Bertz CT molecular complexity index is 961. The van der Waals surface area contributed by atoms with Crippen LogP contribution < -0.4 is 14.8 Å². The van der Waals surface area contributed by atoms with E-state index >= 15 is 0 Å². The SMILES string of the molecule is COc1ccc(C(=O)Nc2ccc(C3(C(=O)N4CCOCC4)CCCC3)cc2)cc1OC. The zero-order valence-corrected chi connectivity index (χ0v) is 18.7. The van der Waals surface area contributed by atoms with Gasteiger partial charge < -0.3 is 24.4 Å². The van der Waals surface area contributed by atoms with Gasteiger partial charge >= 0.3 is 0 Å². The normalized spacial score (nSPS) is 17.6. The summed E-state index contributed by atoms with van der Waals surface area (Å²) >= 11 is 0. The van der Waals surface area contributed by atoms with Crippen molar-refractivity contribution in [3.05, 3.63) is 53.6 Å². The number of methoxy groups -OCH3 is 2. The van der Waals surface area contributed by atoms with Crippen LogP contribution in [0.4, 0.5) is 5.69 Å². The molecule has 0 radical (unpaired) electrons. The zero-order valence-electron chi connectivity index (χ0n) is 18.7. The van der Waals surface area contributed by atoms with Gasteiger partial charge in [0.1, 0.15) is 0 Å². The monoisotopic (exact) mass is 438 g/mol. The summed E-state index contributed by atoms with van der Waals surface area (Å²) in [5.41, 5.74) is 1.71. The molecule has 7 nitrogen and oxygen atoms in total. The van der Waals surface area contributed by atoms with Crippen molar-refractivity contribution in [3.63, 3.8) is 0 Å². The fraction of sp³-hybridized carbons (Fsp3) is 0.440. The highest BCUT2D eigenvalue weighted by atomic mass is 16.5. The molecular formula is C25H30N2O5. The van der Waals surface area contributed by atoms with Crippen LogP contribution in [0, 0.1) is 0 Å². The molecular weight excluding hydrogens is 408 g/mol. The zero-order chi connectivity index (χ0) is 22.6. The Balaban J connectivity index is 1.50. The third-order valence-electron chi connectivity index (χ3n) is 6.51. The van der Waals surface area contributed by atoms with Gasteiger partial charge in [-0.2, -0.15) is 0 Å². The van der Waals surface area contributed by atoms with Gasteiger partial charge in [0.2, 0.25) is 5.91 Å². The first kappa shape index (κ1) is 22.1. The molecule has 0 bridgehead atoms.